The van der Waals surface area contributed by atoms with Gasteiger partial charge >= 0.3 is 5.97 Å². The van der Waals surface area contributed by atoms with E-state index >= 15 is 0 Å². The predicted molar refractivity (Wildman–Crippen MR) is 206 cm³/mol. The third-order valence-electron chi connectivity index (χ3n) is 9.41. The van der Waals surface area contributed by atoms with Gasteiger partial charge in [-0.1, -0.05) is 142 Å². The van der Waals surface area contributed by atoms with Crippen LogP contribution in [0.15, 0.2) is 121 Å². The molecule has 4 aromatic rings. The van der Waals surface area contributed by atoms with Gasteiger partial charge in [0.05, 0.1) is 5.41 Å². The number of rotatable bonds is 15. The lowest BCUT2D eigenvalue weighted by Crippen LogP contribution is -2.44. The summed E-state index contributed by atoms with van der Waals surface area (Å²) in [5.41, 5.74) is 3.13. The Morgan fingerprint density at radius 3 is 1.47 bits per heavy atom. The topological polar surface area (TPSA) is 49.9 Å². The van der Waals surface area contributed by atoms with E-state index in [4.69, 9.17) is 4.74 Å². The Kier molecular flexibility index (Phi) is 16.9. The van der Waals surface area contributed by atoms with Gasteiger partial charge < -0.3 is 14.5 Å². The second-order valence-electron chi connectivity index (χ2n) is 13.3. The number of nitrogens with zero attached hydrogens (tertiary/aromatic N) is 2. The van der Waals surface area contributed by atoms with Crippen molar-refractivity contribution >= 4 is 24.2 Å². The van der Waals surface area contributed by atoms with Crippen molar-refractivity contribution in [3.8, 4) is 0 Å². The number of ether oxygens (including phenoxy) is 1. The second kappa shape index (κ2) is 20.0. The quantitative estimate of drug-likeness (QED) is 0.117. The molecule has 0 amide bonds. The van der Waals surface area contributed by atoms with Crippen molar-refractivity contribution in [1.82, 2.24) is 9.80 Å². The number of benzene rings is 4. The van der Waals surface area contributed by atoms with E-state index < -0.39 is 11.0 Å². The van der Waals surface area contributed by atoms with Crippen LogP contribution in [-0.4, -0.2) is 62.3 Å². The van der Waals surface area contributed by atoms with Crippen molar-refractivity contribution in [2.24, 2.45) is 5.92 Å². The summed E-state index contributed by atoms with van der Waals surface area (Å²) in [6, 6.07) is 41.2. The number of carbonyl (C=O) groups is 2. The summed E-state index contributed by atoms with van der Waals surface area (Å²) in [6.45, 7) is 8.99. The van der Waals surface area contributed by atoms with E-state index in [0.29, 0.717) is 25.3 Å². The molecule has 0 heterocycles. The van der Waals surface area contributed by atoms with Crippen LogP contribution >= 0.6 is 12.4 Å². The van der Waals surface area contributed by atoms with E-state index in [9.17, 15) is 9.59 Å². The lowest BCUT2D eigenvalue weighted by atomic mass is 9.67. The molecule has 0 aliphatic rings. The lowest BCUT2D eigenvalue weighted by molar-refractivity contribution is -0.168. The maximum atomic E-state index is 13.2. The molecule has 0 radical (unpaired) electrons. The summed E-state index contributed by atoms with van der Waals surface area (Å²) < 4.78 is 6.17. The van der Waals surface area contributed by atoms with Crippen LogP contribution in [0.25, 0.3) is 0 Å². The Balaban J connectivity index is 0.000000334. The van der Waals surface area contributed by atoms with Crippen LogP contribution in [-0.2, 0) is 31.8 Å². The molecular weight excluding hydrogens is 628 g/mol. The Morgan fingerprint density at radius 2 is 1.08 bits per heavy atom. The van der Waals surface area contributed by atoms with Crippen LogP contribution in [0.1, 0.15) is 69.2 Å². The molecule has 0 saturated carbocycles. The summed E-state index contributed by atoms with van der Waals surface area (Å²) in [4.78, 5) is 29.8. The fourth-order valence-electron chi connectivity index (χ4n) is 6.56. The first-order chi connectivity index (χ1) is 23.0. The zero-order valence-electron chi connectivity index (χ0n) is 30.8. The standard InChI is InChI=1S/C22H29NO2.C21H27NO.ClH/c1-5-21(24)25-22(18(2)17-23(3)4,20-14-10-7-11-15-20)16-19-12-8-6-9-13-19;1-5-20(23)21(16-17(2)22(3)4,18-12-8-6-9-13-18)19-14-10-7-11-15-19;/h6-15,18H,5,16-17H2,1-4H3;6-15,17H,5,16H2,1-4H3;1H/t18-,22+;;/m1../s1. The van der Waals surface area contributed by atoms with E-state index in [-0.39, 0.29) is 30.1 Å². The van der Waals surface area contributed by atoms with Crippen LogP contribution in [0, 0.1) is 5.92 Å². The van der Waals surface area contributed by atoms with Gasteiger partial charge in [0, 0.05) is 37.8 Å². The Labute approximate surface area is 302 Å². The van der Waals surface area contributed by atoms with Crippen LogP contribution < -0.4 is 0 Å². The van der Waals surface area contributed by atoms with E-state index in [1.54, 1.807) is 0 Å². The van der Waals surface area contributed by atoms with Crippen LogP contribution in [0.5, 0.6) is 0 Å². The van der Waals surface area contributed by atoms with E-state index in [1.165, 1.54) is 5.56 Å². The van der Waals surface area contributed by atoms with Gasteiger partial charge in [-0.05, 0) is 63.8 Å². The van der Waals surface area contributed by atoms with Crippen molar-refractivity contribution in [3.63, 3.8) is 0 Å². The molecular formula is C43H57ClN2O3. The first kappa shape index (κ1) is 41.4. The average molecular weight is 685 g/mol. The number of hydrogen-bond donors (Lipinski definition) is 0. The van der Waals surface area contributed by atoms with E-state index in [1.807, 2.05) is 86.6 Å². The van der Waals surface area contributed by atoms with Crippen LogP contribution in [0.4, 0.5) is 0 Å². The first-order valence-corrected chi connectivity index (χ1v) is 17.3. The highest BCUT2D eigenvalue weighted by Gasteiger charge is 2.43. The highest BCUT2D eigenvalue weighted by Crippen LogP contribution is 2.40. The molecule has 49 heavy (non-hydrogen) atoms. The minimum atomic E-state index is -0.681. The Bertz CT molecular complexity index is 1470. The van der Waals surface area contributed by atoms with Crippen molar-refractivity contribution in [3.05, 3.63) is 144 Å². The minimum absolute atomic E-state index is 0. The normalized spacial score (nSPS) is 13.7. The molecule has 0 N–H and O–H groups in total. The number of hydrogen-bond acceptors (Lipinski definition) is 5. The Morgan fingerprint density at radius 1 is 0.653 bits per heavy atom. The van der Waals surface area contributed by atoms with Crippen molar-refractivity contribution < 1.29 is 14.3 Å². The number of Topliss-reactive ketones (excluding diaryl/α,β-unsaturated/α-hetero) is 1. The summed E-state index contributed by atoms with van der Waals surface area (Å²) >= 11 is 0. The van der Waals surface area contributed by atoms with Gasteiger partial charge in [0.2, 0.25) is 0 Å². The number of halogens is 1. The molecule has 4 rings (SSSR count). The summed E-state index contributed by atoms with van der Waals surface area (Å²) in [6.07, 6.45) is 2.35. The molecule has 0 fully saturated rings. The van der Waals surface area contributed by atoms with Crippen LogP contribution in [0.2, 0.25) is 0 Å². The maximum absolute atomic E-state index is 13.2. The highest BCUT2D eigenvalue weighted by atomic mass is 35.5. The molecule has 0 saturated heterocycles. The maximum Gasteiger partial charge on any atom is 0.306 e. The lowest BCUT2D eigenvalue weighted by Gasteiger charge is -2.40. The van der Waals surface area contributed by atoms with Crippen molar-refractivity contribution in [2.45, 2.75) is 70.4 Å². The van der Waals surface area contributed by atoms with Crippen LogP contribution in [0.3, 0.4) is 0 Å². The van der Waals surface area contributed by atoms with Gasteiger partial charge in [0.1, 0.15) is 11.4 Å². The molecule has 264 valence electrons. The Hall–Kier alpha value is -3.77. The summed E-state index contributed by atoms with van der Waals surface area (Å²) in [7, 11) is 8.25. The largest absolute Gasteiger partial charge is 0.453 e. The zero-order chi connectivity index (χ0) is 35.2. The van der Waals surface area contributed by atoms with Gasteiger partial charge in [-0.3, -0.25) is 9.59 Å². The first-order valence-electron chi connectivity index (χ1n) is 17.3. The zero-order valence-corrected chi connectivity index (χ0v) is 31.6. The fourth-order valence-corrected chi connectivity index (χ4v) is 6.56. The van der Waals surface area contributed by atoms with Gasteiger partial charge in [-0.15, -0.1) is 12.4 Å². The smallest absolute Gasteiger partial charge is 0.306 e. The van der Waals surface area contributed by atoms with Gasteiger partial charge in [0.25, 0.3) is 0 Å². The molecule has 0 aromatic heterocycles. The highest BCUT2D eigenvalue weighted by molar-refractivity contribution is 5.93. The molecule has 0 spiro atoms. The molecule has 6 heteroatoms. The second-order valence-corrected chi connectivity index (χ2v) is 13.3. The van der Waals surface area contributed by atoms with E-state index in [0.717, 1.165) is 29.7 Å². The molecule has 1 unspecified atom stereocenters. The molecule has 5 nitrogen and oxygen atoms in total. The molecule has 0 bridgehead atoms. The monoisotopic (exact) mass is 684 g/mol. The SMILES string of the molecule is CCC(=O)C(CC(C)N(C)C)(c1ccccc1)c1ccccc1.CCC(=O)O[C@](Cc1ccccc1)(c1ccccc1)[C@H](C)CN(C)C.Cl. The van der Waals surface area contributed by atoms with Crippen molar-refractivity contribution in [1.29, 1.82) is 0 Å². The van der Waals surface area contributed by atoms with Gasteiger partial charge in [-0.25, -0.2) is 0 Å². The molecule has 3 atom stereocenters. The number of carbonyl (C=O) groups excluding carboxylic acids is 2. The minimum Gasteiger partial charge on any atom is -0.453 e. The van der Waals surface area contributed by atoms with Crippen molar-refractivity contribution in [2.75, 3.05) is 34.7 Å². The van der Waals surface area contributed by atoms with E-state index in [2.05, 4.69) is 100 Å². The molecule has 0 aliphatic carbocycles. The number of esters is 1. The third-order valence-corrected chi connectivity index (χ3v) is 9.41. The van der Waals surface area contributed by atoms with Gasteiger partial charge in [-0.2, -0.15) is 0 Å². The summed E-state index contributed by atoms with van der Waals surface area (Å²) in [5.74, 6) is 0.259. The molecule has 4 aromatic carbocycles. The fraction of sp³-hybridized carbons (Fsp3) is 0.395. The van der Waals surface area contributed by atoms with Gasteiger partial charge in [0.15, 0.2) is 0 Å². The molecule has 0 aliphatic heterocycles. The predicted octanol–water partition coefficient (Wildman–Crippen LogP) is 8.99. The average Bonchev–Trinajstić information content (AvgIpc) is 3.11. The summed E-state index contributed by atoms with van der Waals surface area (Å²) in [5, 5.41) is 0. The third kappa shape index (κ3) is 10.9. The number of ketones is 1.